The van der Waals surface area contributed by atoms with Crippen LogP contribution in [0.1, 0.15) is 11.6 Å². The molecular weight excluding hydrogens is 622 g/mol. The van der Waals surface area contributed by atoms with Gasteiger partial charge in [0.25, 0.3) is 5.69 Å². The molecule has 1 atom stereocenters. The van der Waals surface area contributed by atoms with E-state index in [0.29, 0.717) is 0 Å². The zero-order chi connectivity index (χ0) is 29.5. The number of carbonyl (C=O) groups excluding carboxylic acids is 4. The summed E-state index contributed by atoms with van der Waals surface area (Å²) >= 11 is 0. The van der Waals surface area contributed by atoms with E-state index < -0.39 is 73.3 Å². The minimum Gasteiger partial charge on any atom is -0.549 e. The van der Waals surface area contributed by atoms with Crippen molar-refractivity contribution in [2.45, 2.75) is 6.04 Å². The van der Waals surface area contributed by atoms with Crippen LogP contribution in [0.25, 0.3) is 0 Å². The summed E-state index contributed by atoms with van der Waals surface area (Å²) in [6.07, 6.45) is 0. The number of hydrogen-bond acceptors (Lipinski definition) is 16. The predicted octanol–water partition coefficient (Wildman–Crippen LogP) is -17.7. The van der Waals surface area contributed by atoms with Crippen molar-refractivity contribution >= 4 is 29.6 Å². The van der Waals surface area contributed by atoms with Gasteiger partial charge in [0.15, 0.2) is 11.5 Å². The first-order valence-corrected chi connectivity index (χ1v) is 11.2. The average Bonchev–Trinajstić information content (AvgIpc) is 2.83. The molecule has 0 saturated carbocycles. The van der Waals surface area contributed by atoms with E-state index in [2.05, 4.69) is 0 Å². The van der Waals surface area contributed by atoms with Crippen LogP contribution in [0, 0.1) is 10.1 Å². The molecule has 17 nitrogen and oxygen atoms in total. The third-order valence-corrected chi connectivity index (χ3v) is 5.10. The van der Waals surface area contributed by atoms with E-state index in [1.165, 1.54) is 20.3 Å². The summed E-state index contributed by atoms with van der Waals surface area (Å²) in [5.74, 6) is -6.26. The number of carboxylic acids is 4. The van der Waals surface area contributed by atoms with Crippen molar-refractivity contribution < 1.29 is 182 Å². The van der Waals surface area contributed by atoms with Crippen molar-refractivity contribution in [1.82, 2.24) is 9.80 Å². The van der Waals surface area contributed by atoms with Crippen LogP contribution >= 0.6 is 0 Å². The van der Waals surface area contributed by atoms with E-state index in [1.54, 1.807) is 0 Å². The van der Waals surface area contributed by atoms with Crippen molar-refractivity contribution in [1.29, 1.82) is 0 Å². The summed E-state index contributed by atoms with van der Waals surface area (Å²) in [4.78, 5) is 56.9. The number of nitro groups is 1. The quantitative estimate of drug-likeness (QED) is 0.0519. The van der Waals surface area contributed by atoms with Crippen molar-refractivity contribution in [2.24, 2.45) is 0 Å². The second kappa shape index (κ2) is 27.1. The second-order valence-electron chi connectivity index (χ2n) is 7.83. The Morgan fingerprint density at radius 3 is 1.60 bits per heavy atom. The third-order valence-electron chi connectivity index (χ3n) is 5.10. The standard InChI is InChI=1S/C22H31N3O14.4Na/c1-36-17-7-14(15(25(34)35)8-18(17)37-2)16(24(11-21(30)31)12-22(32)33)13-39-6-5-38-4-3-23(9-19(26)27)10-20(28)29;;;;/h7-8,16H,3-6,9-13H2,1-2H3,(H,26,27)(H,28,29)(H,30,31)(H,32,33);;;;/q;4*+1/p-4. The van der Waals surface area contributed by atoms with Crippen molar-refractivity contribution in [3.63, 3.8) is 0 Å². The maximum atomic E-state index is 11.8. The van der Waals surface area contributed by atoms with Crippen LogP contribution in [-0.2, 0) is 28.7 Å². The maximum absolute atomic E-state index is 11.8. The maximum Gasteiger partial charge on any atom is 1.00 e. The molecule has 0 saturated heterocycles. The molecule has 1 aromatic carbocycles. The number of nitro benzene ring substituents is 1. The number of hydrogen-bond donors (Lipinski definition) is 0. The third kappa shape index (κ3) is 19.9. The molecule has 1 unspecified atom stereocenters. The van der Waals surface area contributed by atoms with Gasteiger partial charge in [0.2, 0.25) is 0 Å². The predicted molar refractivity (Wildman–Crippen MR) is 119 cm³/mol. The SMILES string of the molecule is COc1cc(C(COCCOCCN(CC(=O)[O-])CC(=O)[O-])N(CC(=O)[O-])CC(=O)[O-])c([N+](=O)[O-])cc1OC.[Na+].[Na+].[Na+].[Na+]. The first-order valence-electron chi connectivity index (χ1n) is 11.2. The Morgan fingerprint density at radius 2 is 1.19 bits per heavy atom. The Bertz CT molecular complexity index is 1010. The molecule has 0 heterocycles. The number of carbonyl (C=O) groups is 4. The Labute approximate surface area is 335 Å². The Kier molecular flexibility index (Phi) is 31.4. The van der Waals surface area contributed by atoms with Gasteiger partial charge in [-0.2, -0.15) is 0 Å². The van der Waals surface area contributed by atoms with Crippen LogP contribution in [-0.4, -0.2) is 112 Å². The molecule has 0 aliphatic carbocycles. The summed E-state index contributed by atoms with van der Waals surface area (Å²) in [7, 11) is 2.51. The second-order valence-corrected chi connectivity index (χ2v) is 7.83. The van der Waals surface area contributed by atoms with Crippen LogP contribution in [0.5, 0.6) is 11.5 Å². The van der Waals surface area contributed by atoms with E-state index in [4.69, 9.17) is 18.9 Å². The van der Waals surface area contributed by atoms with Crippen molar-refractivity contribution in [3.05, 3.63) is 27.8 Å². The number of ether oxygens (including phenoxy) is 4. The molecule has 1 aromatic rings. The molecule has 1 rings (SSSR count). The minimum absolute atomic E-state index is 0. The zero-order valence-electron chi connectivity index (χ0n) is 25.2. The monoisotopic (exact) mass is 649 g/mol. The molecule has 0 N–H and O–H groups in total. The van der Waals surface area contributed by atoms with Gasteiger partial charge in [-0.1, -0.05) is 0 Å². The minimum atomic E-state index is -1.66. The topological polar surface area (TPSA) is 247 Å². The molecule has 0 aliphatic heterocycles. The van der Waals surface area contributed by atoms with Crippen LogP contribution < -0.4 is 148 Å². The summed E-state index contributed by atoms with van der Waals surface area (Å²) in [5, 5.41) is 55.8. The summed E-state index contributed by atoms with van der Waals surface area (Å²) in [5.41, 5.74) is -0.665. The Balaban J connectivity index is -0.00000190. The summed E-state index contributed by atoms with van der Waals surface area (Å²) in [6.45, 7) is -4.09. The van der Waals surface area contributed by atoms with Gasteiger partial charge >= 0.3 is 118 Å². The van der Waals surface area contributed by atoms with Crippen LogP contribution in [0.15, 0.2) is 12.1 Å². The molecule has 0 spiro atoms. The fourth-order valence-corrected chi connectivity index (χ4v) is 3.50. The molecule has 0 fully saturated rings. The van der Waals surface area contributed by atoms with Gasteiger partial charge in [-0.3, -0.25) is 19.9 Å². The molecule has 0 amide bonds. The van der Waals surface area contributed by atoms with Gasteiger partial charge < -0.3 is 58.6 Å². The molecular formula is C22H27N3Na4O14. The molecule has 218 valence electrons. The average molecular weight is 649 g/mol. The normalized spacial score (nSPS) is 10.7. The van der Waals surface area contributed by atoms with E-state index >= 15 is 0 Å². The van der Waals surface area contributed by atoms with Gasteiger partial charge in [0, 0.05) is 32.7 Å². The van der Waals surface area contributed by atoms with Gasteiger partial charge in [-0.25, -0.2) is 0 Å². The molecule has 43 heavy (non-hydrogen) atoms. The number of carboxylic acid groups (broad SMARTS) is 4. The fourth-order valence-electron chi connectivity index (χ4n) is 3.50. The number of benzene rings is 1. The van der Waals surface area contributed by atoms with Crippen LogP contribution in [0.4, 0.5) is 5.69 Å². The molecule has 0 aliphatic rings. The molecule has 0 radical (unpaired) electrons. The largest absolute Gasteiger partial charge is 1.00 e. The smallest absolute Gasteiger partial charge is 0.549 e. The zero-order valence-corrected chi connectivity index (χ0v) is 33.2. The molecule has 0 bridgehead atoms. The van der Waals surface area contributed by atoms with Crippen molar-refractivity contribution in [2.75, 3.05) is 73.4 Å². The van der Waals surface area contributed by atoms with Crippen molar-refractivity contribution in [3.8, 4) is 11.5 Å². The number of methoxy groups -OCH3 is 2. The Hall–Kier alpha value is -0.0600. The van der Waals surface area contributed by atoms with Crippen LogP contribution in [0.3, 0.4) is 0 Å². The number of aliphatic carboxylic acids is 4. The summed E-state index contributed by atoms with van der Waals surface area (Å²) in [6, 6.07) is 0.927. The first-order chi connectivity index (χ1) is 18.4. The summed E-state index contributed by atoms with van der Waals surface area (Å²) < 4.78 is 21.0. The molecule has 0 aromatic heterocycles. The first kappa shape index (κ1) is 49.8. The number of rotatable bonds is 21. The van der Waals surface area contributed by atoms with Crippen LogP contribution in [0.2, 0.25) is 0 Å². The van der Waals surface area contributed by atoms with Gasteiger partial charge in [-0.05, 0) is 6.07 Å². The van der Waals surface area contributed by atoms with E-state index in [0.717, 1.165) is 15.9 Å². The Morgan fingerprint density at radius 1 is 0.744 bits per heavy atom. The van der Waals surface area contributed by atoms with E-state index in [1.807, 2.05) is 0 Å². The van der Waals surface area contributed by atoms with Gasteiger partial charge in [-0.15, -0.1) is 0 Å². The van der Waals surface area contributed by atoms with E-state index in [9.17, 15) is 49.7 Å². The van der Waals surface area contributed by atoms with E-state index in [-0.39, 0.29) is 162 Å². The van der Waals surface area contributed by atoms with Gasteiger partial charge in [0.1, 0.15) is 0 Å². The number of nitrogens with zero attached hydrogens (tertiary/aromatic N) is 3. The fraction of sp³-hybridized carbons (Fsp3) is 0.545. The van der Waals surface area contributed by atoms with Gasteiger partial charge in [0.05, 0.1) is 87.1 Å². The molecule has 21 heteroatoms.